The van der Waals surface area contributed by atoms with E-state index in [1.165, 1.54) is 13.2 Å². The number of halogens is 1. The molecule has 1 aliphatic heterocycles. The molecule has 1 amide bonds. The molecule has 0 saturated carbocycles. The summed E-state index contributed by atoms with van der Waals surface area (Å²) in [4.78, 5) is 23.7. The molecule has 2 aromatic carbocycles. The van der Waals surface area contributed by atoms with Crippen molar-refractivity contribution in [2.75, 3.05) is 12.4 Å². The van der Waals surface area contributed by atoms with Crippen molar-refractivity contribution in [2.45, 2.75) is 0 Å². The maximum atomic E-state index is 12.2. The van der Waals surface area contributed by atoms with Gasteiger partial charge in [-0.25, -0.2) is 4.79 Å². The van der Waals surface area contributed by atoms with Crippen LogP contribution >= 0.6 is 11.6 Å². The second-order valence-corrected chi connectivity index (χ2v) is 5.20. The first-order chi connectivity index (χ1) is 11.1. The molecule has 0 radical (unpaired) electrons. The van der Waals surface area contributed by atoms with E-state index in [0.29, 0.717) is 27.6 Å². The largest absolute Gasteiger partial charge is 0.465 e. The quantitative estimate of drug-likeness (QED) is 0.676. The summed E-state index contributed by atoms with van der Waals surface area (Å²) in [6, 6.07) is 11.8. The zero-order valence-electron chi connectivity index (χ0n) is 12.1. The van der Waals surface area contributed by atoms with Crippen molar-refractivity contribution in [2.24, 2.45) is 0 Å². The lowest BCUT2D eigenvalue weighted by Crippen LogP contribution is -2.23. The molecular formula is C17H12ClNO4. The van der Waals surface area contributed by atoms with Crippen molar-refractivity contribution in [3.8, 4) is 5.75 Å². The lowest BCUT2D eigenvalue weighted by Gasteiger charge is -2.20. The van der Waals surface area contributed by atoms with Gasteiger partial charge in [0.25, 0.3) is 5.91 Å². The van der Waals surface area contributed by atoms with Gasteiger partial charge < -0.3 is 14.8 Å². The number of hydrogen-bond donors (Lipinski definition) is 1. The molecule has 23 heavy (non-hydrogen) atoms. The first-order valence-corrected chi connectivity index (χ1v) is 7.14. The van der Waals surface area contributed by atoms with E-state index >= 15 is 0 Å². The van der Waals surface area contributed by atoms with Crippen LogP contribution in [-0.2, 0) is 9.53 Å². The van der Waals surface area contributed by atoms with Crippen LogP contribution in [0.4, 0.5) is 5.69 Å². The molecule has 5 nitrogen and oxygen atoms in total. The van der Waals surface area contributed by atoms with E-state index in [9.17, 15) is 9.59 Å². The van der Waals surface area contributed by atoms with E-state index in [1.807, 2.05) is 6.07 Å². The first-order valence-electron chi connectivity index (χ1n) is 6.76. The van der Waals surface area contributed by atoms with Gasteiger partial charge in [0, 0.05) is 5.02 Å². The number of hydrogen-bond acceptors (Lipinski definition) is 4. The SMILES string of the molecule is COC(=O)c1ccc2c(c1)NC(=O)C(=Cc1ccccc1Cl)O2. The highest BCUT2D eigenvalue weighted by Gasteiger charge is 2.23. The number of anilines is 1. The van der Waals surface area contributed by atoms with Gasteiger partial charge in [0.15, 0.2) is 11.5 Å². The highest BCUT2D eigenvalue weighted by atomic mass is 35.5. The van der Waals surface area contributed by atoms with Crippen LogP contribution in [0.5, 0.6) is 5.75 Å². The number of methoxy groups -OCH3 is 1. The second-order valence-electron chi connectivity index (χ2n) is 4.79. The first kappa shape index (κ1) is 15.1. The predicted molar refractivity (Wildman–Crippen MR) is 86.5 cm³/mol. The molecule has 0 unspecified atom stereocenters. The Labute approximate surface area is 137 Å². The van der Waals surface area contributed by atoms with Crippen molar-refractivity contribution in [1.29, 1.82) is 0 Å². The Morgan fingerprint density at radius 1 is 1.26 bits per heavy atom. The van der Waals surface area contributed by atoms with Crippen molar-refractivity contribution in [3.05, 3.63) is 64.4 Å². The molecule has 0 bridgehead atoms. The van der Waals surface area contributed by atoms with Crippen LogP contribution in [0, 0.1) is 0 Å². The molecule has 0 fully saturated rings. The Hall–Kier alpha value is -2.79. The smallest absolute Gasteiger partial charge is 0.337 e. The number of nitrogens with one attached hydrogen (secondary N) is 1. The molecule has 116 valence electrons. The molecule has 0 saturated heterocycles. The number of carbonyl (C=O) groups excluding carboxylic acids is 2. The van der Waals surface area contributed by atoms with Gasteiger partial charge in [0.1, 0.15) is 0 Å². The molecular weight excluding hydrogens is 318 g/mol. The summed E-state index contributed by atoms with van der Waals surface area (Å²) in [5.74, 6) is -0.342. The van der Waals surface area contributed by atoms with Gasteiger partial charge in [-0.3, -0.25) is 4.79 Å². The molecule has 1 N–H and O–H groups in total. The van der Waals surface area contributed by atoms with Gasteiger partial charge in [-0.1, -0.05) is 29.8 Å². The summed E-state index contributed by atoms with van der Waals surface area (Å²) in [6.07, 6.45) is 1.56. The van der Waals surface area contributed by atoms with Crippen LogP contribution in [0.2, 0.25) is 5.02 Å². The van der Waals surface area contributed by atoms with E-state index in [4.69, 9.17) is 16.3 Å². The van der Waals surface area contributed by atoms with E-state index in [0.717, 1.165) is 0 Å². The molecule has 0 atom stereocenters. The summed E-state index contributed by atoms with van der Waals surface area (Å²) in [6.45, 7) is 0. The average Bonchev–Trinajstić information content (AvgIpc) is 2.56. The van der Waals surface area contributed by atoms with Gasteiger partial charge in [0.2, 0.25) is 0 Å². The number of carbonyl (C=O) groups is 2. The standard InChI is InChI=1S/C17H12ClNO4/c1-22-17(21)11-6-7-14-13(8-11)19-16(20)15(23-14)9-10-4-2-3-5-12(10)18/h2-9H,1H3,(H,19,20). The topological polar surface area (TPSA) is 64.6 Å². The fourth-order valence-corrected chi connectivity index (χ4v) is 2.33. The molecule has 6 heteroatoms. The normalized spacial score (nSPS) is 14.7. The number of ether oxygens (including phenoxy) is 2. The van der Waals surface area contributed by atoms with Gasteiger partial charge in [-0.05, 0) is 35.9 Å². The van der Waals surface area contributed by atoms with Crippen molar-refractivity contribution in [1.82, 2.24) is 0 Å². The van der Waals surface area contributed by atoms with Gasteiger partial charge in [-0.2, -0.15) is 0 Å². The summed E-state index contributed by atoms with van der Waals surface area (Å²) in [5, 5.41) is 3.20. The molecule has 1 heterocycles. The summed E-state index contributed by atoms with van der Waals surface area (Å²) < 4.78 is 10.3. The van der Waals surface area contributed by atoms with Gasteiger partial charge >= 0.3 is 5.97 Å². The maximum Gasteiger partial charge on any atom is 0.337 e. The molecule has 2 aromatic rings. The van der Waals surface area contributed by atoms with Crippen molar-refractivity contribution < 1.29 is 19.1 Å². The highest BCUT2D eigenvalue weighted by Crippen LogP contribution is 2.33. The third-order valence-electron chi connectivity index (χ3n) is 3.28. The fourth-order valence-electron chi connectivity index (χ4n) is 2.14. The Kier molecular flexibility index (Phi) is 4.04. The van der Waals surface area contributed by atoms with Gasteiger partial charge in [-0.15, -0.1) is 0 Å². The highest BCUT2D eigenvalue weighted by molar-refractivity contribution is 6.32. The minimum absolute atomic E-state index is 0.122. The van der Waals surface area contributed by atoms with E-state index < -0.39 is 11.9 Å². The number of esters is 1. The molecule has 3 rings (SSSR count). The second kappa shape index (κ2) is 6.14. The Morgan fingerprint density at radius 2 is 2.04 bits per heavy atom. The van der Waals surface area contributed by atoms with Crippen LogP contribution in [0.15, 0.2) is 48.2 Å². The number of rotatable bonds is 2. The summed E-state index contributed by atoms with van der Waals surface area (Å²) in [7, 11) is 1.29. The average molecular weight is 330 g/mol. The minimum atomic E-state index is -0.487. The minimum Gasteiger partial charge on any atom is -0.465 e. The van der Waals surface area contributed by atoms with Crippen LogP contribution in [0.25, 0.3) is 6.08 Å². The molecule has 0 aliphatic carbocycles. The van der Waals surface area contributed by atoms with E-state index in [-0.39, 0.29) is 5.76 Å². The van der Waals surface area contributed by atoms with Crippen LogP contribution in [-0.4, -0.2) is 19.0 Å². The van der Waals surface area contributed by atoms with E-state index in [1.54, 1.807) is 36.4 Å². The number of benzene rings is 2. The van der Waals surface area contributed by atoms with Crippen LogP contribution in [0.3, 0.4) is 0 Å². The lowest BCUT2D eigenvalue weighted by atomic mass is 10.1. The van der Waals surface area contributed by atoms with Crippen molar-refractivity contribution in [3.63, 3.8) is 0 Å². The Bertz CT molecular complexity index is 829. The van der Waals surface area contributed by atoms with Crippen molar-refractivity contribution >= 4 is 35.2 Å². The van der Waals surface area contributed by atoms with Gasteiger partial charge in [0.05, 0.1) is 18.4 Å². The fraction of sp³-hybridized carbons (Fsp3) is 0.0588. The molecule has 1 aliphatic rings. The Balaban J connectivity index is 1.94. The predicted octanol–water partition coefficient (Wildman–Crippen LogP) is 3.50. The zero-order chi connectivity index (χ0) is 16.4. The lowest BCUT2D eigenvalue weighted by molar-refractivity contribution is -0.115. The molecule has 0 spiro atoms. The van der Waals surface area contributed by atoms with Crippen LogP contribution < -0.4 is 10.1 Å². The maximum absolute atomic E-state index is 12.2. The zero-order valence-corrected chi connectivity index (χ0v) is 12.9. The number of fused-ring (bicyclic) bond motifs is 1. The number of amides is 1. The van der Waals surface area contributed by atoms with Crippen LogP contribution in [0.1, 0.15) is 15.9 Å². The third-order valence-corrected chi connectivity index (χ3v) is 3.63. The summed E-state index contributed by atoms with van der Waals surface area (Å²) in [5.41, 5.74) is 1.41. The van der Waals surface area contributed by atoms with E-state index in [2.05, 4.69) is 10.1 Å². The summed E-state index contributed by atoms with van der Waals surface area (Å²) >= 11 is 6.08. The third kappa shape index (κ3) is 3.05. The molecule has 0 aromatic heterocycles. The monoisotopic (exact) mass is 329 g/mol. The Morgan fingerprint density at radius 3 is 2.78 bits per heavy atom.